The molecule has 5 aliphatic rings. The minimum Gasteiger partial charge on any atom is -0.353 e. The molecule has 0 saturated heterocycles. The van der Waals surface area contributed by atoms with Crippen LogP contribution >= 0.6 is 0 Å². The molecule has 6 rings (SSSR count). The van der Waals surface area contributed by atoms with Crippen molar-refractivity contribution in [2.24, 2.45) is 24.8 Å². The Kier molecular flexibility index (Phi) is 5.75. The highest BCUT2D eigenvalue weighted by Gasteiger charge is 2.52. The van der Waals surface area contributed by atoms with E-state index in [0.29, 0.717) is 12.6 Å². The molecule has 1 aromatic rings. The summed E-state index contributed by atoms with van der Waals surface area (Å²) in [6.45, 7) is 4.97. The molecule has 1 atom stereocenters. The summed E-state index contributed by atoms with van der Waals surface area (Å²) < 4.78 is 2.08. The Labute approximate surface area is 192 Å². The Bertz CT molecular complexity index is 822. The number of urea groups is 1. The maximum Gasteiger partial charge on any atom is 0.318 e. The first-order chi connectivity index (χ1) is 15.4. The van der Waals surface area contributed by atoms with E-state index in [1.165, 1.54) is 19.3 Å². The minimum atomic E-state index is -0.0280. The molecule has 0 radical (unpaired) electrons. The van der Waals surface area contributed by atoms with Gasteiger partial charge >= 0.3 is 6.03 Å². The zero-order chi connectivity index (χ0) is 22.5. The van der Waals surface area contributed by atoms with Crippen LogP contribution in [0.3, 0.4) is 0 Å². The summed E-state index contributed by atoms with van der Waals surface area (Å²) in [6.07, 6.45) is 12.5. The van der Waals surface area contributed by atoms with Gasteiger partial charge < -0.3 is 19.7 Å². The molecule has 0 aliphatic heterocycles. The summed E-state index contributed by atoms with van der Waals surface area (Å²) in [4.78, 5) is 30.9. The molecule has 0 aromatic carbocycles. The minimum absolute atomic E-state index is 0.0238. The SMILES string of the molecule is CCC(C)N(CC(=O)N(Cc1cccn1C)C1CC1)C(=O)NC12CC3CC(CC(C3)C1)C2. The molecule has 5 aliphatic carbocycles. The first-order valence-electron chi connectivity index (χ1n) is 12.8. The van der Waals surface area contributed by atoms with E-state index in [9.17, 15) is 9.59 Å². The van der Waals surface area contributed by atoms with E-state index in [1.54, 1.807) is 0 Å². The summed E-state index contributed by atoms with van der Waals surface area (Å²) in [5, 5.41) is 3.50. The van der Waals surface area contributed by atoms with Crippen molar-refractivity contribution in [3.05, 3.63) is 24.0 Å². The topological polar surface area (TPSA) is 57.6 Å². The maximum atomic E-state index is 13.6. The Hall–Kier alpha value is -1.98. The lowest BCUT2D eigenvalue weighted by Gasteiger charge is -2.57. The number of aryl methyl sites for hydroxylation is 1. The van der Waals surface area contributed by atoms with Crippen LogP contribution in [0.25, 0.3) is 0 Å². The van der Waals surface area contributed by atoms with E-state index in [0.717, 1.165) is 62.0 Å². The monoisotopic (exact) mass is 440 g/mol. The summed E-state index contributed by atoms with van der Waals surface area (Å²) in [5.74, 6) is 2.44. The molecule has 5 saturated carbocycles. The number of hydrogen-bond acceptors (Lipinski definition) is 2. The molecule has 5 fully saturated rings. The Morgan fingerprint density at radius 2 is 1.78 bits per heavy atom. The molecular formula is C26H40N4O2. The zero-order valence-corrected chi connectivity index (χ0v) is 20.1. The van der Waals surface area contributed by atoms with Crippen molar-refractivity contribution in [1.82, 2.24) is 19.7 Å². The van der Waals surface area contributed by atoms with Gasteiger partial charge in [-0.25, -0.2) is 4.79 Å². The average molecular weight is 441 g/mol. The number of nitrogens with one attached hydrogen (secondary N) is 1. The Morgan fingerprint density at radius 1 is 1.16 bits per heavy atom. The van der Waals surface area contributed by atoms with Crippen LogP contribution in [-0.2, 0) is 18.4 Å². The van der Waals surface area contributed by atoms with Crippen LogP contribution in [0.5, 0.6) is 0 Å². The molecule has 1 aromatic heterocycles. The van der Waals surface area contributed by atoms with Crippen molar-refractivity contribution < 1.29 is 9.59 Å². The first-order valence-corrected chi connectivity index (χ1v) is 12.8. The number of rotatable bonds is 8. The second kappa shape index (κ2) is 8.42. The van der Waals surface area contributed by atoms with Gasteiger partial charge in [-0.05, 0) is 94.6 Å². The van der Waals surface area contributed by atoms with Crippen molar-refractivity contribution in [3.63, 3.8) is 0 Å². The predicted octanol–water partition coefficient (Wildman–Crippen LogP) is 4.30. The van der Waals surface area contributed by atoms with Gasteiger partial charge in [0.25, 0.3) is 0 Å². The molecule has 1 heterocycles. The van der Waals surface area contributed by atoms with Crippen molar-refractivity contribution in [2.75, 3.05) is 6.54 Å². The highest BCUT2D eigenvalue weighted by molar-refractivity contribution is 5.85. The van der Waals surface area contributed by atoms with Crippen LogP contribution in [-0.4, -0.2) is 50.5 Å². The van der Waals surface area contributed by atoms with E-state index < -0.39 is 0 Å². The molecule has 6 heteroatoms. The third-order valence-electron chi connectivity index (χ3n) is 8.79. The molecule has 1 unspecified atom stereocenters. The van der Waals surface area contributed by atoms with E-state index in [4.69, 9.17) is 0 Å². The van der Waals surface area contributed by atoms with Crippen LogP contribution in [0.4, 0.5) is 4.79 Å². The molecule has 6 nitrogen and oxygen atoms in total. The average Bonchev–Trinajstić information content (AvgIpc) is 3.49. The second-order valence-electron chi connectivity index (χ2n) is 11.4. The molecular weight excluding hydrogens is 400 g/mol. The van der Waals surface area contributed by atoms with Gasteiger partial charge in [0.15, 0.2) is 0 Å². The number of aromatic nitrogens is 1. The lowest BCUT2D eigenvalue weighted by Crippen LogP contribution is -2.63. The number of amides is 3. The smallest absolute Gasteiger partial charge is 0.318 e. The van der Waals surface area contributed by atoms with Gasteiger partial charge in [0.1, 0.15) is 6.54 Å². The van der Waals surface area contributed by atoms with Gasteiger partial charge in [-0.2, -0.15) is 0 Å². The first kappa shape index (κ1) is 21.8. The number of hydrogen-bond donors (Lipinski definition) is 1. The molecule has 32 heavy (non-hydrogen) atoms. The van der Waals surface area contributed by atoms with Crippen LogP contribution in [0, 0.1) is 17.8 Å². The summed E-state index contributed by atoms with van der Waals surface area (Å²) in [7, 11) is 2.02. The predicted molar refractivity (Wildman–Crippen MR) is 125 cm³/mol. The van der Waals surface area contributed by atoms with Crippen LogP contribution in [0.1, 0.15) is 77.3 Å². The standard InChI is InChI=1S/C26H40N4O2/c1-4-18(2)29(17-24(31)30(22-7-8-22)16-23-6-5-9-28(23)3)25(32)27-26-13-19-10-20(14-26)12-21(11-19)15-26/h5-6,9,18-22H,4,7-8,10-17H2,1-3H3,(H,27,32). The molecule has 0 spiro atoms. The second-order valence-corrected chi connectivity index (χ2v) is 11.4. The largest absolute Gasteiger partial charge is 0.353 e. The fourth-order valence-corrected chi connectivity index (χ4v) is 7.09. The van der Waals surface area contributed by atoms with Gasteiger partial charge in [0.05, 0.1) is 6.54 Å². The van der Waals surface area contributed by atoms with Gasteiger partial charge in [0.2, 0.25) is 5.91 Å². The van der Waals surface area contributed by atoms with Crippen LogP contribution < -0.4 is 5.32 Å². The summed E-state index contributed by atoms with van der Waals surface area (Å²) in [5.41, 5.74) is 1.11. The summed E-state index contributed by atoms with van der Waals surface area (Å²) >= 11 is 0. The Morgan fingerprint density at radius 3 is 2.28 bits per heavy atom. The quantitative estimate of drug-likeness (QED) is 0.655. The molecule has 176 valence electrons. The lowest BCUT2D eigenvalue weighted by atomic mass is 9.53. The van der Waals surface area contributed by atoms with E-state index in [2.05, 4.69) is 29.8 Å². The van der Waals surface area contributed by atoms with Gasteiger partial charge in [-0.15, -0.1) is 0 Å². The normalized spacial score (nSPS) is 31.4. The third kappa shape index (κ3) is 4.29. The van der Waals surface area contributed by atoms with Gasteiger partial charge in [0, 0.05) is 36.6 Å². The number of carbonyl (C=O) groups excluding carboxylic acids is 2. The van der Waals surface area contributed by atoms with Crippen molar-refractivity contribution in [3.8, 4) is 0 Å². The Balaban J connectivity index is 1.28. The fraction of sp³-hybridized carbons (Fsp3) is 0.769. The van der Waals surface area contributed by atoms with E-state index in [-0.39, 0.29) is 30.1 Å². The summed E-state index contributed by atoms with van der Waals surface area (Å²) in [6, 6.07) is 4.44. The van der Waals surface area contributed by atoms with Crippen molar-refractivity contribution in [2.45, 2.75) is 95.8 Å². The van der Waals surface area contributed by atoms with E-state index in [1.807, 2.05) is 29.1 Å². The van der Waals surface area contributed by atoms with Crippen molar-refractivity contribution >= 4 is 11.9 Å². The highest BCUT2D eigenvalue weighted by atomic mass is 16.2. The molecule has 3 amide bonds. The maximum absolute atomic E-state index is 13.6. The molecule has 4 bridgehead atoms. The van der Waals surface area contributed by atoms with Crippen LogP contribution in [0.2, 0.25) is 0 Å². The third-order valence-corrected chi connectivity index (χ3v) is 8.79. The zero-order valence-electron chi connectivity index (χ0n) is 20.1. The van der Waals surface area contributed by atoms with Crippen molar-refractivity contribution in [1.29, 1.82) is 0 Å². The number of carbonyl (C=O) groups is 2. The van der Waals surface area contributed by atoms with Gasteiger partial charge in [-0.3, -0.25) is 4.79 Å². The lowest BCUT2D eigenvalue weighted by molar-refractivity contribution is -0.133. The van der Waals surface area contributed by atoms with Gasteiger partial charge in [-0.1, -0.05) is 6.92 Å². The van der Waals surface area contributed by atoms with E-state index >= 15 is 0 Å². The van der Waals surface area contributed by atoms with Crippen LogP contribution in [0.15, 0.2) is 18.3 Å². The fourth-order valence-electron chi connectivity index (χ4n) is 7.09. The number of nitrogens with zero attached hydrogens (tertiary/aromatic N) is 3. The highest BCUT2D eigenvalue weighted by Crippen LogP contribution is 2.55. The molecule has 1 N–H and O–H groups in total.